The Bertz CT molecular complexity index is 743. The predicted molar refractivity (Wildman–Crippen MR) is 87.1 cm³/mol. The summed E-state index contributed by atoms with van der Waals surface area (Å²) in [5.74, 6) is -0.0237. The summed E-state index contributed by atoms with van der Waals surface area (Å²) in [4.78, 5) is 0. The van der Waals surface area contributed by atoms with E-state index in [1.54, 1.807) is 10.9 Å². The molecular weight excluding hydrogens is 314 g/mol. The van der Waals surface area contributed by atoms with Gasteiger partial charge in [-0.15, -0.1) is 0 Å². The second kappa shape index (κ2) is 6.82. The van der Waals surface area contributed by atoms with Crippen molar-refractivity contribution >= 4 is 10.0 Å². The minimum Gasteiger partial charge on any atom is -0.372 e. The predicted octanol–water partition coefficient (Wildman–Crippen LogP) is 1.76. The van der Waals surface area contributed by atoms with Crippen LogP contribution in [0.5, 0.6) is 0 Å². The first kappa shape index (κ1) is 16.2. The Kier molecular flexibility index (Phi) is 4.79. The van der Waals surface area contributed by atoms with Gasteiger partial charge in [-0.25, -0.2) is 13.1 Å². The van der Waals surface area contributed by atoms with E-state index < -0.39 is 10.0 Å². The average Bonchev–Trinajstić information content (AvgIpc) is 2.94. The van der Waals surface area contributed by atoms with E-state index >= 15 is 0 Å². The summed E-state index contributed by atoms with van der Waals surface area (Å²) >= 11 is 0. The van der Waals surface area contributed by atoms with Crippen molar-refractivity contribution in [2.24, 2.45) is 7.05 Å². The van der Waals surface area contributed by atoms with Crippen LogP contribution in [0.15, 0.2) is 42.7 Å². The average molecular weight is 335 g/mol. The minimum absolute atomic E-state index is 0.0237. The summed E-state index contributed by atoms with van der Waals surface area (Å²) in [7, 11) is -1.59. The molecule has 0 saturated carbocycles. The molecule has 6 nitrogen and oxygen atoms in total. The summed E-state index contributed by atoms with van der Waals surface area (Å²) in [6, 6.07) is 8.92. The normalized spacial score (nSPS) is 22.1. The molecule has 0 spiro atoms. The molecule has 0 bridgehead atoms. The fraction of sp³-hybridized carbons (Fsp3) is 0.438. The van der Waals surface area contributed by atoms with Crippen LogP contribution in [0.3, 0.4) is 0 Å². The first-order chi connectivity index (χ1) is 11.0. The van der Waals surface area contributed by atoms with Crippen molar-refractivity contribution in [1.82, 2.24) is 14.5 Å². The van der Waals surface area contributed by atoms with Crippen molar-refractivity contribution in [3.63, 3.8) is 0 Å². The molecule has 2 aromatic rings. The van der Waals surface area contributed by atoms with Gasteiger partial charge in [-0.1, -0.05) is 30.3 Å². The highest BCUT2D eigenvalue weighted by Crippen LogP contribution is 2.28. The van der Waals surface area contributed by atoms with Gasteiger partial charge in [0.05, 0.1) is 18.0 Å². The lowest BCUT2D eigenvalue weighted by Crippen LogP contribution is -2.43. The molecule has 1 saturated heterocycles. The summed E-state index contributed by atoms with van der Waals surface area (Å²) < 4.78 is 35.2. The second-order valence-electron chi connectivity index (χ2n) is 5.85. The molecule has 0 radical (unpaired) electrons. The lowest BCUT2D eigenvalue weighted by molar-refractivity contribution is -0.00447. The quantitative estimate of drug-likeness (QED) is 0.904. The van der Waals surface area contributed by atoms with Crippen LogP contribution >= 0.6 is 0 Å². The molecule has 1 aliphatic rings. The van der Waals surface area contributed by atoms with Crippen molar-refractivity contribution in [1.29, 1.82) is 0 Å². The van der Waals surface area contributed by atoms with Crippen LogP contribution in [0, 0.1) is 0 Å². The maximum absolute atomic E-state index is 12.5. The van der Waals surface area contributed by atoms with Gasteiger partial charge in [0.25, 0.3) is 0 Å². The standard InChI is InChI=1S/C16H21N3O3S/c1-19-11-14(10-17-19)16-15(8-5-9-22-16)18-23(20,21)12-13-6-3-2-4-7-13/h2-4,6-7,10-11,15-16,18H,5,8-9,12H2,1H3/t15-,16+/m0/s1. The number of sulfonamides is 1. The van der Waals surface area contributed by atoms with E-state index in [0.717, 1.165) is 24.0 Å². The van der Waals surface area contributed by atoms with Gasteiger partial charge < -0.3 is 4.74 Å². The van der Waals surface area contributed by atoms with Gasteiger partial charge in [-0.05, 0) is 18.4 Å². The summed E-state index contributed by atoms with van der Waals surface area (Å²) in [6.07, 6.45) is 4.91. The molecule has 1 fully saturated rings. The Labute approximate surface area is 136 Å². The molecule has 2 heterocycles. The van der Waals surface area contributed by atoms with Crippen molar-refractivity contribution < 1.29 is 13.2 Å². The van der Waals surface area contributed by atoms with Crippen molar-refractivity contribution in [2.45, 2.75) is 30.7 Å². The lowest BCUT2D eigenvalue weighted by Gasteiger charge is -2.31. The number of hydrogen-bond acceptors (Lipinski definition) is 4. The maximum Gasteiger partial charge on any atom is 0.216 e. The third-order valence-corrected chi connectivity index (χ3v) is 5.28. The number of nitrogens with one attached hydrogen (secondary N) is 1. The third-order valence-electron chi connectivity index (χ3n) is 3.91. The number of rotatable bonds is 5. The van der Waals surface area contributed by atoms with Gasteiger partial charge >= 0.3 is 0 Å². The first-order valence-electron chi connectivity index (χ1n) is 7.67. The van der Waals surface area contributed by atoms with Crippen LogP contribution in [0.25, 0.3) is 0 Å². The van der Waals surface area contributed by atoms with Gasteiger partial charge in [0.15, 0.2) is 0 Å². The first-order valence-corrected chi connectivity index (χ1v) is 9.33. The van der Waals surface area contributed by atoms with Crippen LogP contribution in [-0.2, 0) is 27.6 Å². The van der Waals surface area contributed by atoms with E-state index in [0.29, 0.717) is 6.61 Å². The molecule has 3 rings (SSSR count). The fourth-order valence-electron chi connectivity index (χ4n) is 2.88. The highest BCUT2D eigenvalue weighted by atomic mass is 32.2. The van der Waals surface area contributed by atoms with Crippen LogP contribution in [0.4, 0.5) is 0 Å². The number of benzene rings is 1. The van der Waals surface area contributed by atoms with E-state index in [1.807, 2.05) is 43.6 Å². The van der Waals surface area contributed by atoms with Crippen LogP contribution in [0.1, 0.15) is 30.1 Å². The molecule has 124 valence electrons. The summed E-state index contributed by atoms with van der Waals surface area (Å²) in [6.45, 7) is 0.635. The molecule has 2 atom stereocenters. The topological polar surface area (TPSA) is 73.2 Å². The van der Waals surface area contributed by atoms with Crippen LogP contribution in [0.2, 0.25) is 0 Å². The number of nitrogens with zero attached hydrogens (tertiary/aromatic N) is 2. The van der Waals surface area contributed by atoms with Gasteiger partial charge in [0.2, 0.25) is 10.0 Å². The Morgan fingerprint density at radius 2 is 2.13 bits per heavy atom. The lowest BCUT2D eigenvalue weighted by atomic mass is 9.99. The molecule has 1 aromatic carbocycles. The Morgan fingerprint density at radius 1 is 1.35 bits per heavy atom. The van der Waals surface area contributed by atoms with Gasteiger partial charge in [-0.3, -0.25) is 4.68 Å². The van der Waals surface area contributed by atoms with E-state index in [1.165, 1.54) is 0 Å². The Hall–Kier alpha value is -1.70. The Morgan fingerprint density at radius 3 is 2.83 bits per heavy atom. The zero-order valence-corrected chi connectivity index (χ0v) is 13.9. The van der Waals surface area contributed by atoms with Crippen molar-refractivity contribution in [2.75, 3.05) is 6.61 Å². The number of aryl methyl sites for hydroxylation is 1. The third kappa shape index (κ3) is 4.19. The van der Waals surface area contributed by atoms with E-state index in [2.05, 4.69) is 9.82 Å². The minimum atomic E-state index is -3.43. The van der Waals surface area contributed by atoms with Gasteiger partial charge in [0.1, 0.15) is 6.10 Å². The van der Waals surface area contributed by atoms with Crippen LogP contribution in [-0.4, -0.2) is 30.8 Å². The molecule has 0 amide bonds. The monoisotopic (exact) mass is 335 g/mol. The van der Waals surface area contributed by atoms with Gasteiger partial charge in [0, 0.05) is 25.4 Å². The molecule has 1 N–H and O–H groups in total. The maximum atomic E-state index is 12.5. The second-order valence-corrected chi connectivity index (χ2v) is 7.60. The zero-order valence-electron chi connectivity index (χ0n) is 13.1. The molecule has 1 aliphatic heterocycles. The number of hydrogen-bond donors (Lipinski definition) is 1. The Balaban J connectivity index is 1.73. The fourth-order valence-corrected chi connectivity index (χ4v) is 4.30. The van der Waals surface area contributed by atoms with Gasteiger partial charge in [-0.2, -0.15) is 5.10 Å². The highest BCUT2D eigenvalue weighted by molar-refractivity contribution is 7.88. The SMILES string of the molecule is Cn1cc([C@H]2OCCC[C@@H]2NS(=O)(=O)Cc2ccccc2)cn1. The zero-order chi connectivity index (χ0) is 16.3. The smallest absolute Gasteiger partial charge is 0.216 e. The van der Waals surface area contributed by atoms with E-state index in [9.17, 15) is 8.42 Å². The largest absolute Gasteiger partial charge is 0.372 e. The molecule has 0 unspecified atom stereocenters. The van der Waals surface area contributed by atoms with E-state index in [4.69, 9.17) is 4.74 Å². The molecule has 1 aromatic heterocycles. The molecule has 23 heavy (non-hydrogen) atoms. The summed E-state index contributed by atoms with van der Waals surface area (Å²) in [5, 5.41) is 4.15. The number of aromatic nitrogens is 2. The molecule has 0 aliphatic carbocycles. The molecular formula is C16H21N3O3S. The van der Waals surface area contributed by atoms with E-state index in [-0.39, 0.29) is 17.9 Å². The summed E-state index contributed by atoms with van der Waals surface area (Å²) in [5.41, 5.74) is 1.68. The van der Waals surface area contributed by atoms with Crippen molar-refractivity contribution in [3.05, 3.63) is 53.9 Å². The molecule has 7 heteroatoms. The highest BCUT2D eigenvalue weighted by Gasteiger charge is 2.31. The van der Waals surface area contributed by atoms with Crippen molar-refractivity contribution in [3.8, 4) is 0 Å². The van der Waals surface area contributed by atoms with Crippen LogP contribution < -0.4 is 4.72 Å². The number of ether oxygens (including phenoxy) is 1.